The molecule has 1 atom stereocenters. The van der Waals surface area contributed by atoms with Crippen LogP contribution < -0.4 is 5.73 Å². The van der Waals surface area contributed by atoms with E-state index in [-0.39, 0.29) is 4.90 Å². The standard InChI is InChI=1S/C9H11NO4S/c1-9(10,8(11)12)15(13,14)7-5-3-2-4-6-7/h2-6H,10H2,1H3,(H,11,12)/t9-/m0/s1. The normalized spacial score (nSPS) is 15.6. The first-order valence-electron chi connectivity index (χ1n) is 4.12. The molecule has 6 heteroatoms. The highest BCUT2D eigenvalue weighted by Crippen LogP contribution is 2.21. The molecule has 82 valence electrons. The first-order chi connectivity index (χ1) is 6.80. The Balaban J connectivity index is 3.33. The molecule has 0 unspecified atom stereocenters. The lowest BCUT2D eigenvalue weighted by atomic mass is 10.4. The number of hydrogen-bond acceptors (Lipinski definition) is 4. The molecule has 0 amide bonds. The van der Waals surface area contributed by atoms with Gasteiger partial charge in [0, 0.05) is 0 Å². The van der Waals surface area contributed by atoms with Crippen molar-refractivity contribution in [3.63, 3.8) is 0 Å². The van der Waals surface area contributed by atoms with Crippen molar-refractivity contribution in [1.82, 2.24) is 0 Å². The fourth-order valence-corrected chi connectivity index (χ4v) is 2.19. The largest absolute Gasteiger partial charge is 0.479 e. The zero-order valence-corrected chi connectivity index (χ0v) is 8.86. The van der Waals surface area contributed by atoms with Crippen molar-refractivity contribution < 1.29 is 18.3 Å². The van der Waals surface area contributed by atoms with Crippen LogP contribution in [0.5, 0.6) is 0 Å². The summed E-state index contributed by atoms with van der Waals surface area (Å²) in [5.41, 5.74) is 5.28. The Morgan fingerprint density at radius 3 is 2.20 bits per heavy atom. The highest BCUT2D eigenvalue weighted by atomic mass is 32.2. The molecule has 1 aromatic rings. The van der Waals surface area contributed by atoms with Crippen LogP contribution in [0.25, 0.3) is 0 Å². The van der Waals surface area contributed by atoms with Crippen molar-refractivity contribution in [3.05, 3.63) is 30.3 Å². The summed E-state index contributed by atoms with van der Waals surface area (Å²) in [5, 5.41) is 8.73. The molecule has 0 fully saturated rings. The Morgan fingerprint density at radius 1 is 1.33 bits per heavy atom. The number of hydrogen-bond donors (Lipinski definition) is 2. The summed E-state index contributed by atoms with van der Waals surface area (Å²) < 4.78 is 23.6. The predicted octanol–water partition coefficient (Wildman–Crippen LogP) is 0.220. The third kappa shape index (κ3) is 1.86. The van der Waals surface area contributed by atoms with Crippen LogP contribution in [0.15, 0.2) is 35.2 Å². The maximum absolute atomic E-state index is 11.8. The smallest absolute Gasteiger partial charge is 0.339 e. The lowest BCUT2D eigenvalue weighted by Crippen LogP contribution is -2.51. The second-order valence-corrected chi connectivity index (χ2v) is 5.56. The SMILES string of the molecule is C[C@@](N)(C(=O)O)S(=O)(=O)c1ccccc1. The fraction of sp³-hybridized carbons (Fsp3) is 0.222. The summed E-state index contributed by atoms with van der Waals surface area (Å²) >= 11 is 0. The third-order valence-corrected chi connectivity index (χ3v) is 4.22. The van der Waals surface area contributed by atoms with Crippen molar-refractivity contribution >= 4 is 15.8 Å². The van der Waals surface area contributed by atoms with Crippen molar-refractivity contribution in [2.24, 2.45) is 5.73 Å². The van der Waals surface area contributed by atoms with Gasteiger partial charge in [0.1, 0.15) is 0 Å². The molecule has 0 saturated heterocycles. The predicted molar refractivity (Wildman–Crippen MR) is 53.9 cm³/mol. The minimum Gasteiger partial charge on any atom is -0.479 e. The van der Waals surface area contributed by atoms with E-state index < -0.39 is 20.7 Å². The maximum Gasteiger partial charge on any atom is 0.339 e. The van der Waals surface area contributed by atoms with Crippen LogP contribution in [0, 0.1) is 0 Å². The van der Waals surface area contributed by atoms with Gasteiger partial charge in [0.25, 0.3) is 0 Å². The van der Waals surface area contributed by atoms with E-state index in [1.54, 1.807) is 6.07 Å². The van der Waals surface area contributed by atoms with Crippen molar-refractivity contribution in [2.75, 3.05) is 0 Å². The van der Waals surface area contributed by atoms with Gasteiger partial charge in [-0.1, -0.05) is 18.2 Å². The lowest BCUT2D eigenvalue weighted by molar-refractivity contribution is -0.139. The van der Waals surface area contributed by atoms with Crippen molar-refractivity contribution in [2.45, 2.75) is 16.7 Å². The molecule has 0 aliphatic heterocycles. The van der Waals surface area contributed by atoms with E-state index in [1.807, 2.05) is 0 Å². The number of carboxylic acid groups (broad SMARTS) is 1. The highest BCUT2D eigenvalue weighted by Gasteiger charge is 2.43. The van der Waals surface area contributed by atoms with Crippen LogP contribution in [0.3, 0.4) is 0 Å². The fourth-order valence-electron chi connectivity index (χ4n) is 0.959. The highest BCUT2D eigenvalue weighted by molar-refractivity contribution is 7.93. The average Bonchev–Trinajstić information content (AvgIpc) is 2.18. The van der Waals surface area contributed by atoms with E-state index in [0.29, 0.717) is 0 Å². The van der Waals surface area contributed by atoms with Gasteiger partial charge in [0.05, 0.1) is 4.90 Å². The van der Waals surface area contributed by atoms with Gasteiger partial charge in [-0.15, -0.1) is 0 Å². The molecule has 0 aliphatic rings. The Hall–Kier alpha value is -1.40. The maximum atomic E-state index is 11.8. The number of benzene rings is 1. The number of sulfone groups is 1. The van der Waals surface area contributed by atoms with Crippen LogP contribution >= 0.6 is 0 Å². The number of aliphatic carboxylic acids is 1. The minimum absolute atomic E-state index is 0.0996. The zero-order chi connectivity index (χ0) is 11.7. The first kappa shape index (κ1) is 11.7. The monoisotopic (exact) mass is 229 g/mol. The molecule has 0 heterocycles. The van der Waals surface area contributed by atoms with E-state index >= 15 is 0 Å². The summed E-state index contributed by atoms with van der Waals surface area (Å²) in [6.45, 7) is 0.956. The summed E-state index contributed by atoms with van der Waals surface area (Å²) in [6, 6.07) is 7.26. The van der Waals surface area contributed by atoms with Gasteiger partial charge in [-0.2, -0.15) is 0 Å². The van der Waals surface area contributed by atoms with Crippen molar-refractivity contribution in [1.29, 1.82) is 0 Å². The van der Waals surface area contributed by atoms with E-state index in [4.69, 9.17) is 10.8 Å². The van der Waals surface area contributed by atoms with E-state index in [9.17, 15) is 13.2 Å². The van der Waals surface area contributed by atoms with E-state index in [2.05, 4.69) is 0 Å². The van der Waals surface area contributed by atoms with Gasteiger partial charge in [-0.3, -0.25) is 0 Å². The Labute approximate surface area is 87.4 Å². The van der Waals surface area contributed by atoms with Crippen LogP contribution in [0.4, 0.5) is 0 Å². The van der Waals surface area contributed by atoms with Gasteiger partial charge < -0.3 is 10.8 Å². The van der Waals surface area contributed by atoms with Gasteiger partial charge in [-0.25, -0.2) is 13.2 Å². The molecule has 1 aromatic carbocycles. The van der Waals surface area contributed by atoms with Crippen LogP contribution in [0.1, 0.15) is 6.92 Å². The molecule has 15 heavy (non-hydrogen) atoms. The molecule has 1 rings (SSSR count). The Morgan fingerprint density at radius 2 is 1.80 bits per heavy atom. The molecule has 0 aromatic heterocycles. The average molecular weight is 229 g/mol. The number of carbonyl (C=O) groups is 1. The number of carboxylic acids is 1. The molecular formula is C9H11NO4S. The van der Waals surface area contributed by atoms with Crippen LogP contribution in [0.2, 0.25) is 0 Å². The van der Waals surface area contributed by atoms with Crippen LogP contribution in [-0.4, -0.2) is 24.4 Å². The first-order valence-corrected chi connectivity index (χ1v) is 5.60. The Bertz CT molecular complexity index is 464. The molecule has 3 N–H and O–H groups in total. The summed E-state index contributed by atoms with van der Waals surface area (Å²) in [4.78, 5) is 8.33. The molecule has 0 bridgehead atoms. The van der Waals surface area contributed by atoms with Crippen LogP contribution in [-0.2, 0) is 14.6 Å². The van der Waals surface area contributed by atoms with Gasteiger partial charge in [-0.05, 0) is 19.1 Å². The minimum atomic E-state index is -4.06. The Kier molecular flexibility index (Phi) is 2.83. The van der Waals surface area contributed by atoms with E-state index in [0.717, 1.165) is 6.92 Å². The molecule has 5 nitrogen and oxygen atoms in total. The summed E-state index contributed by atoms with van der Waals surface area (Å²) in [7, 11) is -4.06. The van der Waals surface area contributed by atoms with E-state index in [1.165, 1.54) is 24.3 Å². The molecule has 0 radical (unpaired) electrons. The molecular weight excluding hydrogens is 218 g/mol. The molecule has 0 saturated carbocycles. The topological polar surface area (TPSA) is 97.5 Å². The summed E-state index contributed by atoms with van der Waals surface area (Å²) in [5.74, 6) is -1.58. The quantitative estimate of drug-likeness (QED) is 0.772. The zero-order valence-electron chi connectivity index (χ0n) is 8.04. The summed E-state index contributed by atoms with van der Waals surface area (Å²) in [6.07, 6.45) is 0. The molecule has 0 aliphatic carbocycles. The lowest BCUT2D eigenvalue weighted by Gasteiger charge is -2.19. The van der Waals surface area contributed by atoms with Gasteiger partial charge in [0.2, 0.25) is 14.7 Å². The second-order valence-electron chi connectivity index (χ2n) is 3.23. The number of rotatable bonds is 3. The number of nitrogens with two attached hydrogens (primary N) is 1. The van der Waals surface area contributed by atoms with Crippen molar-refractivity contribution in [3.8, 4) is 0 Å². The van der Waals surface area contributed by atoms with Gasteiger partial charge >= 0.3 is 5.97 Å². The van der Waals surface area contributed by atoms with Gasteiger partial charge in [0.15, 0.2) is 0 Å². The third-order valence-electron chi connectivity index (χ3n) is 2.04. The molecule has 0 spiro atoms. The second kappa shape index (κ2) is 3.63.